The Morgan fingerprint density at radius 3 is 2.86 bits per heavy atom. The number of ether oxygens (including phenoxy) is 2. The third-order valence-corrected chi connectivity index (χ3v) is 3.60. The highest BCUT2D eigenvalue weighted by Gasteiger charge is 2.24. The molecule has 21 heavy (non-hydrogen) atoms. The van der Waals surface area contributed by atoms with Gasteiger partial charge in [-0.1, -0.05) is 30.7 Å². The van der Waals surface area contributed by atoms with Gasteiger partial charge in [-0.3, -0.25) is 0 Å². The van der Waals surface area contributed by atoms with E-state index in [1.54, 1.807) is 0 Å². The van der Waals surface area contributed by atoms with Gasteiger partial charge in [-0.05, 0) is 37.0 Å². The first-order valence-corrected chi connectivity index (χ1v) is 7.29. The Hall–Kier alpha value is -1.65. The van der Waals surface area contributed by atoms with E-state index in [1.807, 2.05) is 32.9 Å². The highest BCUT2D eigenvalue weighted by molar-refractivity contribution is 5.90. The van der Waals surface area contributed by atoms with E-state index in [9.17, 15) is 4.79 Å². The molecule has 0 saturated carbocycles. The van der Waals surface area contributed by atoms with Crippen molar-refractivity contribution < 1.29 is 19.4 Å². The minimum atomic E-state index is -0.918. The fraction of sp³-hybridized carbons (Fsp3) is 0.471. The van der Waals surface area contributed by atoms with Gasteiger partial charge in [-0.15, -0.1) is 0 Å². The van der Waals surface area contributed by atoms with Crippen LogP contribution in [0, 0.1) is 6.92 Å². The van der Waals surface area contributed by atoms with Crippen LogP contribution in [0.2, 0.25) is 0 Å². The van der Waals surface area contributed by atoms with Crippen molar-refractivity contribution in [2.75, 3.05) is 13.2 Å². The van der Waals surface area contributed by atoms with Crippen molar-refractivity contribution in [1.82, 2.24) is 0 Å². The van der Waals surface area contributed by atoms with Crippen LogP contribution in [0.3, 0.4) is 0 Å². The van der Waals surface area contributed by atoms with Gasteiger partial charge < -0.3 is 14.6 Å². The quantitative estimate of drug-likeness (QED) is 0.618. The average molecular weight is 290 g/mol. The largest absolute Gasteiger partial charge is 0.478 e. The van der Waals surface area contributed by atoms with Gasteiger partial charge in [0.1, 0.15) is 6.10 Å². The fourth-order valence-electron chi connectivity index (χ4n) is 2.34. The number of carbonyl (C=O) groups is 1. The number of aryl methyl sites for hydroxylation is 1. The van der Waals surface area contributed by atoms with Gasteiger partial charge in [0, 0.05) is 6.08 Å². The number of epoxide rings is 1. The minimum Gasteiger partial charge on any atom is -0.478 e. The van der Waals surface area contributed by atoms with E-state index in [1.165, 1.54) is 6.08 Å². The molecule has 0 radical (unpaired) electrons. The van der Waals surface area contributed by atoms with Crippen LogP contribution in [0.1, 0.15) is 43.1 Å². The highest BCUT2D eigenvalue weighted by atomic mass is 16.6. The van der Waals surface area contributed by atoms with E-state index in [0.29, 0.717) is 13.0 Å². The zero-order valence-corrected chi connectivity index (χ0v) is 12.8. The van der Waals surface area contributed by atoms with Crippen molar-refractivity contribution in [1.29, 1.82) is 0 Å². The maximum absolute atomic E-state index is 11.0. The molecule has 0 unspecified atom stereocenters. The number of aliphatic carboxylic acids is 1. The van der Waals surface area contributed by atoms with Gasteiger partial charge in [0.05, 0.1) is 19.3 Å². The predicted octanol–water partition coefficient (Wildman–Crippen LogP) is 3.35. The number of hydrogen-bond acceptors (Lipinski definition) is 3. The summed E-state index contributed by atoms with van der Waals surface area (Å²) in [6.45, 7) is 7.33. The molecule has 2 atom stereocenters. The van der Waals surface area contributed by atoms with Gasteiger partial charge in [-0.25, -0.2) is 4.79 Å². The molecule has 1 aliphatic heterocycles. The molecule has 1 heterocycles. The zero-order valence-electron chi connectivity index (χ0n) is 12.8. The van der Waals surface area contributed by atoms with Gasteiger partial charge >= 0.3 is 5.97 Å². The SMILES string of the molecule is CC/C(=C\C(=O)O)c1ccc(C)cc1[C@@H](C)OC[C@H]1CO1. The maximum atomic E-state index is 11.0. The van der Waals surface area contributed by atoms with Crippen molar-refractivity contribution in [2.45, 2.75) is 39.4 Å². The first-order valence-electron chi connectivity index (χ1n) is 7.29. The number of carboxylic acid groups (broad SMARTS) is 1. The molecule has 0 amide bonds. The number of hydrogen-bond donors (Lipinski definition) is 1. The molecule has 1 saturated heterocycles. The number of rotatable bonds is 7. The second-order valence-electron chi connectivity index (χ2n) is 5.38. The van der Waals surface area contributed by atoms with Crippen LogP contribution >= 0.6 is 0 Å². The third kappa shape index (κ3) is 4.41. The first-order chi connectivity index (χ1) is 10.0. The molecule has 1 aliphatic rings. The molecule has 0 spiro atoms. The summed E-state index contributed by atoms with van der Waals surface area (Å²) in [6.07, 6.45) is 2.08. The van der Waals surface area contributed by atoms with Gasteiger partial charge in [-0.2, -0.15) is 0 Å². The Morgan fingerprint density at radius 2 is 2.29 bits per heavy atom. The molecule has 2 rings (SSSR count). The lowest BCUT2D eigenvalue weighted by Gasteiger charge is -2.19. The smallest absolute Gasteiger partial charge is 0.328 e. The normalized spacial score (nSPS) is 19.4. The molecular weight excluding hydrogens is 268 g/mol. The summed E-state index contributed by atoms with van der Waals surface area (Å²) < 4.78 is 11.0. The lowest BCUT2D eigenvalue weighted by atomic mass is 9.93. The topological polar surface area (TPSA) is 59.1 Å². The predicted molar refractivity (Wildman–Crippen MR) is 81.2 cm³/mol. The molecule has 1 N–H and O–H groups in total. The number of benzene rings is 1. The van der Waals surface area contributed by atoms with Gasteiger partial charge in [0.25, 0.3) is 0 Å². The van der Waals surface area contributed by atoms with Crippen LogP contribution in [-0.4, -0.2) is 30.4 Å². The summed E-state index contributed by atoms with van der Waals surface area (Å²) in [5, 5.41) is 9.02. The Balaban J connectivity index is 2.28. The van der Waals surface area contributed by atoms with E-state index < -0.39 is 5.97 Å². The van der Waals surface area contributed by atoms with Gasteiger partial charge in [0.15, 0.2) is 0 Å². The van der Waals surface area contributed by atoms with Crippen molar-refractivity contribution in [3.63, 3.8) is 0 Å². The first kappa shape index (κ1) is 15.7. The molecule has 1 aromatic carbocycles. The van der Waals surface area contributed by atoms with E-state index in [0.717, 1.165) is 28.9 Å². The van der Waals surface area contributed by atoms with Crippen LogP contribution in [-0.2, 0) is 14.3 Å². The molecule has 4 heteroatoms. The number of carboxylic acids is 1. The van der Waals surface area contributed by atoms with Crippen molar-refractivity contribution in [2.24, 2.45) is 0 Å². The monoisotopic (exact) mass is 290 g/mol. The van der Waals surface area contributed by atoms with E-state index >= 15 is 0 Å². The summed E-state index contributed by atoms with van der Waals surface area (Å²) in [5.41, 5.74) is 3.94. The lowest BCUT2D eigenvalue weighted by Crippen LogP contribution is -2.09. The van der Waals surface area contributed by atoms with Gasteiger partial charge in [0.2, 0.25) is 0 Å². The molecule has 114 valence electrons. The standard InChI is InChI=1S/C17H22O4/c1-4-13(8-17(18)19)15-6-5-11(2)7-16(15)12(3)20-9-14-10-21-14/h5-8,12,14H,4,9-10H2,1-3H3,(H,18,19)/b13-8+/t12-,14+/m1/s1. The van der Waals surface area contributed by atoms with Crippen molar-refractivity contribution >= 4 is 11.5 Å². The van der Waals surface area contributed by atoms with Crippen LogP contribution in [0.15, 0.2) is 24.3 Å². The zero-order chi connectivity index (χ0) is 15.4. The minimum absolute atomic E-state index is 0.0900. The molecular formula is C17H22O4. The van der Waals surface area contributed by atoms with Crippen molar-refractivity contribution in [3.8, 4) is 0 Å². The Bertz CT molecular complexity index is 544. The summed E-state index contributed by atoms with van der Waals surface area (Å²) in [5.74, 6) is -0.918. The fourth-order valence-corrected chi connectivity index (χ4v) is 2.34. The molecule has 0 aromatic heterocycles. The van der Waals surface area contributed by atoms with Crippen molar-refractivity contribution in [3.05, 3.63) is 41.0 Å². The summed E-state index contributed by atoms with van der Waals surface area (Å²) in [4.78, 5) is 11.0. The van der Waals surface area contributed by atoms with E-state index in [-0.39, 0.29) is 12.2 Å². The second kappa shape index (κ2) is 6.87. The Morgan fingerprint density at radius 1 is 1.57 bits per heavy atom. The van der Waals surface area contributed by atoms with Crippen LogP contribution in [0.4, 0.5) is 0 Å². The molecule has 1 fully saturated rings. The highest BCUT2D eigenvalue weighted by Crippen LogP contribution is 2.30. The lowest BCUT2D eigenvalue weighted by molar-refractivity contribution is -0.131. The second-order valence-corrected chi connectivity index (χ2v) is 5.38. The molecule has 4 nitrogen and oxygen atoms in total. The summed E-state index contributed by atoms with van der Waals surface area (Å²) in [7, 11) is 0. The van der Waals surface area contributed by atoms with E-state index in [4.69, 9.17) is 14.6 Å². The third-order valence-electron chi connectivity index (χ3n) is 3.60. The Labute approximate surface area is 125 Å². The molecule has 1 aromatic rings. The van der Waals surface area contributed by atoms with Crippen LogP contribution in [0.5, 0.6) is 0 Å². The Kier molecular flexibility index (Phi) is 5.15. The number of allylic oxidation sites excluding steroid dienone is 1. The van der Waals surface area contributed by atoms with E-state index in [2.05, 4.69) is 6.07 Å². The van der Waals surface area contributed by atoms with Crippen LogP contribution < -0.4 is 0 Å². The maximum Gasteiger partial charge on any atom is 0.328 e. The summed E-state index contributed by atoms with van der Waals surface area (Å²) in [6, 6.07) is 6.05. The molecule has 0 bridgehead atoms. The summed E-state index contributed by atoms with van der Waals surface area (Å²) >= 11 is 0. The average Bonchev–Trinajstić information content (AvgIpc) is 3.26. The molecule has 0 aliphatic carbocycles. The van der Waals surface area contributed by atoms with Crippen LogP contribution in [0.25, 0.3) is 5.57 Å².